The molecule has 1 fully saturated rings. The van der Waals surface area contributed by atoms with Crippen LogP contribution in [0.4, 0.5) is 0 Å². The zero-order chi connectivity index (χ0) is 12.2. The third-order valence-corrected chi connectivity index (χ3v) is 3.25. The van der Waals surface area contributed by atoms with Crippen molar-refractivity contribution in [2.45, 2.75) is 26.7 Å². The molecule has 0 radical (unpaired) electrons. The number of methoxy groups -OCH3 is 1. The molecule has 1 amide bonds. The van der Waals surface area contributed by atoms with E-state index in [1.165, 1.54) is 0 Å². The van der Waals surface area contributed by atoms with E-state index in [4.69, 9.17) is 10.00 Å². The molecule has 0 bridgehead atoms. The largest absolute Gasteiger partial charge is 0.383 e. The molecule has 0 N–H and O–H groups in total. The Morgan fingerprint density at radius 2 is 2.25 bits per heavy atom. The smallest absolute Gasteiger partial charge is 0.243 e. The quantitative estimate of drug-likeness (QED) is 0.709. The van der Waals surface area contributed by atoms with E-state index in [-0.39, 0.29) is 5.91 Å². The van der Waals surface area contributed by atoms with Gasteiger partial charge >= 0.3 is 0 Å². The average Bonchev–Trinajstić information content (AvgIpc) is 2.25. The Hall–Kier alpha value is -1.08. The van der Waals surface area contributed by atoms with E-state index in [1.807, 2.05) is 6.92 Å². The van der Waals surface area contributed by atoms with Crippen molar-refractivity contribution in [3.05, 3.63) is 0 Å². The molecule has 0 spiro atoms. The van der Waals surface area contributed by atoms with Crippen LogP contribution in [0, 0.1) is 22.7 Å². The normalized spacial score (nSPS) is 28.0. The van der Waals surface area contributed by atoms with E-state index >= 15 is 0 Å². The molecule has 0 aromatic heterocycles. The van der Waals surface area contributed by atoms with Crippen LogP contribution in [0.1, 0.15) is 26.7 Å². The maximum absolute atomic E-state index is 12.2. The van der Waals surface area contributed by atoms with E-state index in [0.717, 1.165) is 0 Å². The minimum Gasteiger partial charge on any atom is -0.383 e. The fourth-order valence-electron chi connectivity index (χ4n) is 2.35. The highest BCUT2D eigenvalue weighted by Gasteiger charge is 2.50. The van der Waals surface area contributed by atoms with Crippen LogP contribution in [0.5, 0.6) is 0 Å². The van der Waals surface area contributed by atoms with Crippen molar-refractivity contribution in [3.8, 4) is 6.07 Å². The minimum absolute atomic E-state index is 0.0207. The van der Waals surface area contributed by atoms with Gasteiger partial charge < -0.3 is 9.64 Å². The van der Waals surface area contributed by atoms with Crippen molar-refractivity contribution < 1.29 is 9.53 Å². The fourth-order valence-corrected chi connectivity index (χ4v) is 2.35. The molecule has 1 aliphatic rings. The van der Waals surface area contributed by atoms with E-state index in [2.05, 4.69) is 13.0 Å². The summed E-state index contributed by atoms with van der Waals surface area (Å²) in [7, 11) is 1.61. The molecule has 1 saturated carbocycles. The lowest BCUT2D eigenvalue weighted by Gasteiger charge is -2.42. The Labute approximate surface area is 97.2 Å². The van der Waals surface area contributed by atoms with Crippen LogP contribution < -0.4 is 0 Å². The molecule has 16 heavy (non-hydrogen) atoms. The third-order valence-electron chi connectivity index (χ3n) is 3.25. The molecular formula is C12H20N2O2. The summed E-state index contributed by atoms with van der Waals surface area (Å²) >= 11 is 0. The standard InChI is InChI=1S/C12H20N2O2/c1-4-14(5-6-16-3)11(15)12(9-13)7-10(2)8-12/h10H,4-8H2,1-3H3. The number of nitriles is 1. The van der Waals surface area contributed by atoms with Gasteiger partial charge in [0, 0.05) is 20.2 Å². The van der Waals surface area contributed by atoms with Gasteiger partial charge in [0.15, 0.2) is 0 Å². The van der Waals surface area contributed by atoms with Crippen LogP contribution in [0.15, 0.2) is 0 Å². The Bertz CT molecular complexity index is 290. The van der Waals surface area contributed by atoms with Crippen molar-refractivity contribution >= 4 is 5.91 Å². The summed E-state index contributed by atoms with van der Waals surface area (Å²) in [5.74, 6) is 0.470. The second kappa shape index (κ2) is 5.31. The van der Waals surface area contributed by atoms with Gasteiger partial charge in [0.2, 0.25) is 5.91 Å². The first kappa shape index (κ1) is 13.0. The number of carbonyl (C=O) groups is 1. The van der Waals surface area contributed by atoms with Crippen molar-refractivity contribution in [2.24, 2.45) is 11.3 Å². The maximum Gasteiger partial charge on any atom is 0.243 e. The van der Waals surface area contributed by atoms with Crippen LogP contribution in [-0.4, -0.2) is 37.6 Å². The lowest BCUT2D eigenvalue weighted by Crippen LogP contribution is -2.50. The topological polar surface area (TPSA) is 53.3 Å². The fraction of sp³-hybridized carbons (Fsp3) is 0.833. The molecule has 0 atom stereocenters. The van der Waals surface area contributed by atoms with E-state index in [9.17, 15) is 4.79 Å². The summed E-state index contributed by atoms with van der Waals surface area (Å²) in [6.45, 7) is 5.75. The van der Waals surface area contributed by atoms with Crippen LogP contribution in [-0.2, 0) is 9.53 Å². The number of hydrogen-bond donors (Lipinski definition) is 0. The van der Waals surface area contributed by atoms with E-state index in [0.29, 0.717) is 38.5 Å². The van der Waals surface area contributed by atoms with Crippen LogP contribution >= 0.6 is 0 Å². The summed E-state index contributed by atoms with van der Waals surface area (Å²) in [5, 5.41) is 9.17. The molecule has 90 valence electrons. The maximum atomic E-state index is 12.2. The van der Waals surface area contributed by atoms with Gasteiger partial charge in [-0.15, -0.1) is 0 Å². The van der Waals surface area contributed by atoms with Gasteiger partial charge in [-0.1, -0.05) is 6.92 Å². The predicted molar refractivity (Wildman–Crippen MR) is 60.6 cm³/mol. The van der Waals surface area contributed by atoms with Crippen molar-refractivity contribution in [3.63, 3.8) is 0 Å². The number of likely N-dealkylation sites (N-methyl/N-ethyl adjacent to an activating group) is 1. The highest BCUT2D eigenvalue weighted by Crippen LogP contribution is 2.46. The number of ether oxygens (including phenoxy) is 1. The van der Waals surface area contributed by atoms with Gasteiger partial charge in [0.1, 0.15) is 5.41 Å². The zero-order valence-corrected chi connectivity index (χ0v) is 10.3. The molecule has 0 aromatic carbocycles. The van der Waals surface area contributed by atoms with Crippen LogP contribution in [0.2, 0.25) is 0 Å². The lowest BCUT2D eigenvalue weighted by molar-refractivity contribution is -0.145. The summed E-state index contributed by atoms with van der Waals surface area (Å²) in [6.07, 6.45) is 1.40. The summed E-state index contributed by atoms with van der Waals surface area (Å²) < 4.78 is 4.97. The van der Waals surface area contributed by atoms with E-state index in [1.54, 1.807) is 12.0 Å². The summed E-state index contributed by atoms with van der Waals surface area (Å²) in [4.78, 5) is 13.9. The predicted octanol–water partition coefficient (Wildman–Crippen LogP) is 1.42. The molecule has 4 nitrogen and oxygen atoms in total. The summed E-state index contributed by atoms with van der Waals surface area (Å²) in [6, 6.07) is 2.20. The van der Waals surface area contributed by atoms with Gasteiger partial charge in [0.25, 0.3) is 0 Å². The van der Waals surface area contributed by atoms with Gasteiger partial charge in [-0.2, -0.15) is 5.26 Å². The third kappa shape index (κ3) is 2.35. The first-order valence-corrected chi connectivity index (χ1v) is 5.79. The molecule has 0 unspecified atom stereocenters. The Balaban J connectivity index is 2.64. The number of hydrogen-bond acceptors (Lipinski definition) is 3. The highest BCUT2D eigenvalue weighted by atomic mass is 16.5. The van der Waals surface area contributed by atoms with Crippen molar-refractivity contribution in [2.75, 3.05) is 26.8 Å². The second-order valence-corrected chi connectivity index (χ2v) is 4.58. The van der Waals surface area contributed by atoms with Gasteiger partial charge in [-0.3, -0.25) is 4.79 Å². The average molecular weight is 224 g/mol. The first-order valence-electron chi connectivity index (χ1n) is 5.79. The molecule has 0 heterocycles. The van der Waals surface area contributed by atoms with Crippen molar-refractivity contribution in [1.82, 2.24) is 4.90 Å². The molecule has 1 aliphatic carbocycles. The molecule has 1 rings (SSSR count). The monoisotopic (exact) mass is 224 g/mol. The first-order chi connectivity index (χ1) is 7.59. The van der Waals surface area contributed by atoms with Crippen LogP contribution in [0.3, 0.4) is 0 Å². The Morgan fingerprint density at radius 1 is 1.62 bits per heavy atom. The molecule has 0 aromatic rings. The van der Waals surface area contributed by atoms with Gasteiger partial charge in [-0.05, 0) is 25.7 Å². The lowest BCUT2D eigenvalue weighted by atomic mass is 9.62. The highest BCUT2D eigenvalue weighted by molar-refractivity contribution is 5.86. The molecule has 0 aliphatic heterocycles. The second-order valence-electron chi connectivity index (χ2n) is 4.58. The van der Waals surface area contributed by atoms with E-state index < -0.39 is 5.41 Å². The number of nitrogens with zero attached hydrogens (tertiary/aromatic N) is 2. The Morgan fingerprint density at radius 3 is 2.62 bits per heavy atom. The van der Waals surface area contributed by atoms with Gasteiger partial charge in [0.05, 0.1) is 12.7 Å². The molecular weight excluding hydrogens is 204 g/mol. The Kier molecular flexibility index (Phi) is 4.31. The SMILES string of the molecule is CCN(CCOC)C(=O)C1(C#N)CC(C)C1. The number of rotatable bonds is 5. The van der Waals surface area contributed by atoms with Crippen LogP contribution in [0.25, 0.3) is 0 Å². The number of amides is 1. The summed E-state index contributed by atoms with van der Waals surface area (Å²) in [5.41, 5.74) is -0.747. The molecule has 0 saturated heterocycles. The minimum atomic E-state index is -0.747. The molecule has 4 heteroatoms. The zero-order valence-electron chi connectivity index (χ0n) is 10.3. The van der Waals surface area contributed by atoms with Crippen molar-refractivity contribution in [1.29, 1.82) is 5.26 Å². The van der Waals surface area contributed by atoms with Gasteiger partial charge in [-0.25, -0.2) is 0 Å². The number of carbonyl (C=O) groups excluding carboxylic acids is 1.